The van der Waals surface area contributed by atoms with Gasteiger partial charge >= 0.3 is 12.7 Å². The molecule has 0 saturated carbocycles. The summed E-state index contributed by atoms with van der Waals surface area (Å²) in [5.41, 5.74) is -1.63. The van der Waals surface area contributed by atoms with E-state index in [1.54, 1.807) is 0 Å². The second-order valence-electron chi connectivity index (χ2n) is 7.53. The molecule has 0 saturated heterocycles. The van der Waals surface area contributed by atoms with Crippen molar-refractivity contribution in [2.75, 3.05) is 31.8 Å². The molecule has 17 heteroatoms. The maximum absolute atomic E-state index is 15.0. The first-order valence-electron chi connectivity index (χ1n) is 12.4. The Kier molecular flexibility index (Phi) is 7.72. The zero-order valence-electron chi connectivity index (χ0n) is 23.6. The Morgan fingerprint density at radius 1 is 0.878 bits per heavy atom. The normalized spacial score (nSPS) is 12.8. The van der Waals surface area contributed by atoms with Gasteiger partial charge in [-0.2, -0.15) is 4.39 Å². The zero-order chi connectivity index (χ0) is 33.0. The summed E-state index contributed by atoms with van der Waals surface area (Å²) in [5, 5.41) is 6.94. The minimum Gasteiger partial charge on any atom is -0.490 e. The van der Waals surface area contributed by atoms with E-state index >= 15 is 4.39 Å². The molecule has 3 N–H and O–H groups in total. The van der Waals surface area contributed by atoms with Crippen LogP contribution in [0.4, 0.5) is 42.1 Å². The Morgan fingerprint density at radius 2 is 1.49 bits per heavy atom. The van der Waals surface area contributed by atoms with E-state index in [-0.39, 0.29) is 11.4 Å². The molecule has 2 aromatic carbocycles. The summed E-state index contributed by atoms with van der Waals surface area (Å²) in [5.74, 6) is -9.28. The number of methoxy groups -OCH3 is 1. The molecule has 0 fully saturated rings. The molecule has 0 unspecified atom stereocenters. The molecule has 0 aliphatic heterocycles. The van der Waals surface area contributed by atoms with Crippen LogP contribution in [-0.4, -0.2) is 50.7 Å². The number of rotatable bonds is 9. The van der Waals surface area contributed by atoms with Gasteiger partial charge in [0.1, 0.15) is 17.0 Å². The van der Waals surface area contributed by atoms with Crippen molar-refractivity contribution in [3.63, 3.8) is 0 Å². The fourth-order valence-electron chi connectivity index (χ4n) is 3.30. The lowest BCUT2D eigenvalue weighted by molar-refractivity contribution is -0.276. The van der Waals surface area contributed by atoms with Crippen LogP contribution in [0.2, 0.25) is 0 Å². The highest BCUT2D eigenvalue weighted by Gasteiger charge is 2.35. The molecule has 2 amide bonds. The summed E-state index contributed by atoms with van der Waals surface area (Å²) in [6.07, 6.45) is -9.51. The van der Waals surface area contributed by atoms with Gasteiger partial charge in [-0.1, -0.05) is 0 Å². The lowest BCUT2D eigenvalue weighted by Gasteiger charge is -2.20. The van der Waals surface area contributed by atoms with Gasteiger partial charge in [0.2, 0.25) is 11.6 Å². The minimum atomic E-state index is -5.40. The molecule has 0 spiro atoms. The van der Waals surface area contributed by atoms with Gasteiger partial charge in [0.25, 0.3) is 11.8 Å². The summed E-state index contributed by atoms with van der Waals surface area (Å²) in [4.78, 5) is 29.2. The van der Waals surface area contributed by atoms with Crippen LogP contribution < -0.4 is 34.9 Å². The van der Waals surface area contributed by atoms with Gasteiger partial charge in [-0.25, -0.2) is 0 Å². The van der Waals surface area contributed by atoms with E-state index < -0.39 is 77.4 Å². The molecular weight excluding hydrogens is 573 g/mol. The maximum atomic E-state index is 15.0. The number of nitrogens with one attached hydrogen (secondary N) is 3. The Bertz CT molecular complexity index is 1550. The van der Waals surface area contributed by atoms with Crippen molar-refractivity contribution in [1.82, 2.24) is 10.3 Å². The SMILES string of the molecule is [2H]C([2H])([2H])Oc1c(Oc2ccc(OC(F)(F)F)c(NC)c2C(=O)Nc2ccnc(C(=O)NC)c2)ccc(OC(F)(F)F)c1F. The Morgan fingerprint density at radius 3 is 2.10 bits per heavy atom. The summed E-state index contributed by atoms with van der Waals surface area (Å²) >= 11 is 0. The standard InChI is InChI=1S/C24H19F7N4O6/c1-32-19-15(41-24(29,30)31)6-4-13(17(19)22(37)35-11-8-9-34-12(10-11)21(36)33-2)39-16-7-5-14(40-23(26,27)28)18(25)20(16)38-3/h4-10,32H,1-3H3,(H,33,36)(H,34,35,37)/i3D3. The van der Waals surface area contributed by atoms with E-state index in [4.69, 9.17) is 8.85 Å². The monoisotopic (exact) mass is 595 g/mol. The molecule has 0 atom stereocenters. The Balaban J connectivity index is 2.18. The first-order valence-corrected chi connectivity index (χ1v) is 10.9. The van der Waals surface area contributed by atoms with E-state index in [2.05, 4.69) is 35.1 Å². The predicted octanol–water partition coefficient (Wildman–Crippen LogP) is 5.47. The number of carbonyl (C=O) groups excluding carboxylic acids is 2. The smallest absolute Gasteiger partial charge is 0.490 e. The molecule has 0 aliphatic rings. The minimum absolute atomic E-state index is 0.0788. The van der Waals surface area contributed by atoms with Crippen molar-refractivity contribution in [2.24, 2.45) is 0 Å². The van der Waals surface area contributed by atoms with Gasteiger partial charge in [-0.05, 0) is 36.4 Å². The highest BCUT2D eigenvalue weighted by atomic mass is 19.4. The van der Waals surface area contributed by atoms with Crippen molar-refractivity contribution in [2.45, 2.75) is 12.7 Å². The van der Waals surface area contributed by atoms with Crippen LogP contribution in [0.25, 0.3) is 0 Å². The second-order valence-corrected chi connectivity index (χ2v) is 7.53. The fourth-order valence-corrected chi connectivity index (χ4v) is 3.30. The largest absolute Gasteiger partial charge is 0.573 e. The van der Waals surface area contributed by atoms with Gasteiger partial charge in [-0.15, -0.1) is 26.3 Å². The van der Waals surface area contributed by atoms with Gasteiger partial charge in [0, 0.05) is 26.0 Å². The van der Waals surface area contributed by atoms with Crippen LogP contribution in [0.15, 0.2) is 42.6 Å². The molecular formula is C24H19F7N4O6. The van der Waals surface area contributed by atoms with Crippen molar-refractivity contribution in [1.29, 1.82) is 0 Å². The van der Waals surface area contributed by atoms with Crippen LogP contribution in [0, 0.1) is 5.82 Å². The van der Waals surface area contributed by atoms with Gasteiger partial charge < -0.3 is 34.9 Å². The predicted molar refractivity (Wildman–Crippen MR) is 128 cm³/mol. The highest BCUT2D eigenvalue weighted by Crippen LogP contribution is 2.44. The van der Waals surface area contributed by atoms with Crippen LogP contribution in [0.3, 0.4) is 0 Å². The maximum Gasteiger partial charge on any atom is 0.573 e. The lowest BCUT2D eigenvalue weighted by atomic mass is 10.1. The molecule has 0 radical (unpaired) electrons. The second kappa shape index (κ2) is 12.1. The highest BCUT2D eigenvalue weighted by molar-refractivity contribution is 6.11. The number of hydrogen-bond acceptors (Lipinski definition) is 8. The van der Waals surface area contributed by atoms with Crippen molar-refractivity contribution < 1.29 is 63.4 Å². The number of nitrogens with zero attached hydrogens (tertiary/aromatic N) is 1. The first-order chi connectivity index (χ1) is 20.3. The quantitative estimate of drug-likeness (QED) is 0.279. The Labute approximate surface area is 230 Å². The number of anilines is 2. The summed E-state index contributed by atoms with van der Waals surface area (Å²) in [6.45, 7) is 0. The average molecular weight is 595 g/mol. The van der Waals surface area contributed by atoms with Crippen molar-refractivity contribution in [3.8, 4) is 28.7 Å². The third kappa shape index (κ3) is 7.58. The van der Waals surface area contributed by atoms with Crippen LogP contribution in [-0.2, 0) is 0 Å². The molecule has 41 heavy (non-hydrogen) atoms. The summed E-state index contributed by atoms with van der Waals surface area (Å²) < 4.78 is 132. The molecule has 0 bridgehead atoms. The third-order valence-corrected chi connectivity index (χ3v) is 4.88. The number of pyridine rings is 1. The lowest BCUT2D eigenvalue weighted by Crippen LogP contribution is -2.21. The third-order valence-electron chi connectivity index (χ3n) is 4.88. The van der Waals surface area contributed by atoms with Crippen molar-refractivity contribution in [3.05, 3.63) is 59.7 Å². The number of benzene rings is 2. The van der Waals surface area contributed by atoms with Gasteiger partial charge in [0.15, 0.2) is 17.2 Å². The number of alkyl halides is 6. The molecule has 0 aliphatic carbocycles. The van der Waals surface area contributed by atoms with E-state index in [9.17, 15) is 35.9 Å². The molecule has 1 aromatic heterocycles. The topological polar surface area (TPSA) is 120 Å². The van der Waals surface area contributed by atoms with Gasteiger partial charge in [-0.3, -0.25) is 14.6 Å². The van der Waals surface area contributed by atoms with Gasteiger partial charge in [0.05, 0.1) is 16.8 Å². The number of amides is 2. The Hall–Kier alpha value is -4.96. The number of hydrogen-bond donors (Lipinski definition) is 3. The zero-order valence-corrected chi connectivity index (χ0v) is 20.6. The molecule has 10 nitrogen and oxygen atoms in total. The molecule has 1 heterocycles. The number of carbonyl (C=O) groups is 2. The van der Waals surface area contributed by atoms with E-state index in [1.165, 1.54) is 13.1 Å². The van der Waals surface area contributed by atoms with Crippen LogP contribution >= 0.6 is 0 Å². The van der Waals surface area contributed by atoms with E-state index in [0.29, 0.717) is 18.2 Å². The fraction of sp³-hybridized carbons (Fsp3) is 0.208. The van der Waals surface area contributed by atoms with Crippen LogP contribution in [0.5, 0.6) is 28.7 Å². The first kappa shape index (κ1) is 26.3. The van der Waals surface area contributed by atoms with E-state index in [0.717, 1.165) is 25.4 Å². The molecule has 3 rings (SSSR count). The van der Waals surface area contributed by atoms with Crippen molar-refractivity contribution >= 4 is 23.2 Å². The number of halogens is 7. The average Bonchev–Trinajstić information content (AvgIpc) is 2.90. The molecule has 3 aromatic rings. The number of aromatic nitrogens is 1. The summed E-state index contributed by atoms with van der Waals surface area (Å²) in [7, 11) is -1.04. The van der Waals surface area contributed by atoms with E-state index in [1.807, 2.05) is 0 Å². The molecule has 220 valence electrons. The number of ether oxygens (including phenoxy) is 4. The summed E-state index contributed by atoms with van der Waals surface area (Å²) in [6, 6.07) is 4.77. The van der Waals surface area contributed by atoms with Crippen LogP contribution in [0.1, 0.15) is 25.0 Å².